The highest BCUT2D eigenvalue weighted by Crippen LogP contribution is 2.66. The molecular formula is C27H25F2N7O3S. The summed E-state index contributed by atoms with van der Waals surface area (Å²) in [6.07, 6.45) is 6.51. The molecular weight excluding hydrogens is 540 g/mol. The molecule has 40 heavy (non-hydrogen) atoms. The standard InChI is InChI=1S/C27H25F2N7O3S/c1-26(20-10-27(20,24(37)36(2)3)40-25(30)35-26)16-6-14(7-17(28)22(16)29)8-18-23-19(34-13-33-18)9-15(11-32-23)39-12-21-31-4-5-38-21/h4-7,9,11,13,20H,8,10,12H2,1-3H3,(H2,30,35)/t20-,26+,27-/m0/s1. The highest BCUT2D eigenvalue weighted by molar-refractivity contribution is 8.15. The van der Waals surface area contributed by atoms with Crippen molar-refractivity contribution in [3.8, 4) is 5.75 Å². The minimum atomic E-state index is -1.22. The highest BCUT2D eigenvalue weighted by atomic mass is 32.2. The van der Waals surface area contributed by atoms with Gasteiger partial charge in [-0.15, -0.1) is 0 Å². The van der Waals surface area contributed by atoms with Crippen molar-refractivity contribution in [2.24, 2.45) is 16.6 Å². The molecule has 0 spiro atoms. The van der Waals surface area contributed by atoms with Crippen LogP contribution in [0.3, 0.4) is 0 Å². The van der Waals surface area contributed by atoms with Gasteiger partial charge < -0.3 is 19.8 Å². The van der Waals surface area contributed by atoms with E-state index in [0.29, 0.717) is 40.4 Å². The van der Waals surface area contributed by atoms with Crippen molar-refractivity contribution in [2.45, 2.75) is 36.7 Å². The predicted molar refractivity (Wildman–Crippen MR) is 143 cm³/mol. The van der Waals surface area contributed by atoms with E-state index in [4.69, 9.17) is 14.9 Å². The van der Waals surface area contributed by atoms with E-state index in [1.54, 1.807) is 33.2 Å². The molecule has 1 amide bonds. The van der Waals surface area contributed by atoms with E-state index in [1.807, 2.05) is 0 Å². The van der Waals surface area contributed by atoms with Crippen LogP contribution in [-0.4, -0.2) is 54.8 Å². The Hall–Kier alpha value is -4.13. The zero-order chi connectivity index (χ0) is 28.2. The minimum Gasteiger partial charge on any atom is -0.482 e. The van der Waals surface area contributed by atoms with E-state index in [2.05, 4.69) is 24.9 Å². The zero-order valence-corrected chi connectivity index (χ0v) is 22.7. The molecule has 1 aromatic carbocycles. The first-order valence-corrected chi connectivity index (χ1v) is 13.3. The van der Waals surface area contributed by atoms with Gasteiger partial charge in [-0.2, -0.15) is 0 Å². The van der Waals surface area contributed by atoms with E-state index in [1.165, 1.54) is 41.6 Å². The van der Waals surface area contributed by atoms with Crippen LogP contribution in [0.5, 0.6) is 5.75 Å². The molecule has 3 aromatic heterocycles. The Morgan fingerprint density at radius 3 is 2.80 bits per heavy atom. The van der Waals surface area contributed by atoms with Crippen LogP contribution in [0.2, 0.25) is 0 Å². The number of amides is 1. The number of amidine groups is 1. The molecule has 2 aliphatic rings. The lowest BCUT2D eigenvalue weighted by Crippen LogP contribution is -2.43. The molecule has 0 radical (unpaired) electrons. The third-order valence-electron chi connectivity index (χ3n) is 7.36. The number of oxazole rings is 1. The maximum atomic E-state index is 15.4. The molecule has 206 valence electrons. The Balaban J connectivity index is 1.32. The third-order valence-corrected chi connectivity index (χ3v) is 8.65. The van der Waals surface area contributed by atoms with Crippen molar-refractivity contribution in [3.63, 3.8) is 0 Å². The van der Waals surface area contributed by atoms with Crippen molar-refractivity contribution in [2.75, 3.05) is 14.1 Å². The van der Waals surface area contributed by atoms with Gasteiger partial charge in [0.05, 0.1) is 29.1 Å². The summed E-state index contributed by atoms with van der Waals surface area (Å²) in [6.45, 7) is 1.83. The quantitative estimate of drug-likeness (QED) is 0.357. The van der Waals surface area contributed by atoms with Crippen LogP contribution in [0.1, 0.15) is 36.1 Å². The second-order valence-electron chi connectivity index (χ2n) is 10.2. The van der Waals surface area contributed by atoms with Crippen LogP contribution in [0.15, 0.2) is 52.6 Å². The summed E-state index contributed by atoms with van der Waals surface area (Å²) >= 11 is 1.19. The molecule has 3 atom stereocenters. The number of aliphatic imine (C=N–C) groups is 1. The Labute approximate surface area is 232 Å². The number of halogens is 2. The van der Waals surface area contributed by atoms with Gasteiger partial charge in [-0.3, -0.25) is 9.79 Å². The number of carbonyl (C=O) groups excluding carboxylic acids is 1. The molecule has 0 saturated heterocycles. The number of fused-ring (bicyclic) bond motifs is 2. The minimum absolute atomic E-state index is 0.0534. The molecule has 4 heterocycles. The fraction of sp³-hybridized carbons (Fsp3) is 0.333. The summed E-state index contributed by atoms with van der Waals surface area (Å²) in [4.78, 5) is 36.2. The number of thioether (sulfide) groups is 1. The average Bonchev–Trinajstić information content (AvgIpc) is 3.44. The van der Waals surface area contributed by atoms with Crippen molar-refractivity contribution >= 4 is 33.9 Å². The maximum absolute atomic E-state index is 15.4. The van der Waals surface area contributed by atoms with Gasteiger partial charge in [0.2, 0.25) is 11.8 Å². The van der Waals surface area contributed by atoms with Crippen LogP contribution < -0.4 is 10.5 Å². The van der Waals surface area contributed by atoms with Gasteiger partial charge in [-0.1, -0.05) is 11.8 Å². The third kappa shape index (κ3) is 4.34. The summed E-state index contributed by atoms with van der Waals surface area (Å²) in [5.41, 5.74) is 7.00. The van der Waals surface area contributed by atoms with Crippen molar-refractivity contribution < 1.29 is 22.7 Å². The molecule has 1 aliphatic carbocycles. The average molecular weight is 566 g/mol. The van der Waals surface area contributed by atoms with Crippen LogP contribution in [-0.2, 0) is 23.4 Å². The molecule has 6 rings (SSSR count). The van der Waals surface area contributed by atoms with Crippen molar-refractivity contribution in [3.05, 3.63) is 77.5 Å². The second kappa shape index (κ2) is 9.51. The Morgan fingerprint density at radius 1 is 1.23 bits per heavy atom. The highest BCUT2D eigenvalue weighted by Gasteiger charge is 2.71. The lowest BCUT2D eigenvalue weighted by atomic mass is 9.84. The monoisotopic (exact) mass is 565 g/mol. The largest absolute Gasteiger partial charge is 0.482 e. The lowest BCUT2D eigenvalue weighted by molar-refractivity contribution is -0.129. The molecule has 4 aromatic rings. The van der Waals surface area contributed by atoms with Gasteiger partial charge in [0.1, 0.15) is 28.6 Å². The zero-order valence-electron chi connectivity index (χ0n) is 21.9. The molecule has 1 aliphatic heterocycles. The first-order valence-electron chi connectivity index (χ1n) is 12.5. The summed E-state index contributed by atoms with van der Waals surface area (Å²) in [5.74, 6) is -1.60. The predicted octanol–water partition coefficient (Wildman–Crippen LogP) is 3.58. The van der Waals surface area contributed by atoms with Gasteiger partial charge in [0.25, 0.3) is 0 Å². The number of nitrogens with zero attached hydrogens (tertiary/aromatic N) is 6. The van der Waals surface area contributed by atoms with E-state index >= 15 is 8.78 Å². The molecule has 10 nitrogen and oxygen atoms in total. The Kier molecular flexibility index (Phi) is 6.21. The van der Waals surface area contributed by atoms with Crippen LogP contribution in [0.4, 0.5) is 8.78 Å². The number of pyridine rings is 1. The van der Waals surface area contributed by atoms with E-state index in [0.717, 1.165) is 6.07 Å². The number of rotatable bonds is 7. The number of aromatic nitrogens is 4. The molecule has 1 saturated carbocycles. The molecule has 2 N–H and O–H groups in total. The van der Waals surface area contributed by atoms with Crippen molar-refractivity contribution in [1.82, 2.24) is 24.8 Å². The van der Waals surface area contributed by atoms with Gasteiger partial charge in [0, 0.05) is 38.1 Å². The van der Waals surface area contributed by atoms with Gasteiger partial charge >= 0.3 is 0 Å². The summed E-state index contributed by atoms with van der Waals surface area (Å²) in [5, 5.41) is 0.170. The van der Waals surface area contributed by atoms with E-state index in [9.17, 15) is 4.79 Å². The lowest BCUT2D eigenvalue weighted by Gasteiger charge is -2.34. The Morgan fingerprint density at radius 2 is 2.05 bits per heavy atom. The number of carbonyl (C=O) groups is 1. The van der Waals surface area contributed by atoms with Gasteiger partial charge in [-0.25, -0.2) is 28.7 Å². The number of ether oxygens (including phenoxy) is 1. The summed E-state index contributed by atoms with van der Waals surface area (Å²) in [7, 11) is 3.33. The fourth-order valence-electron chi connectivity index (χ4n) is 5.40. The normalized spacial score (nSPS) is 23.4. The first-order chi connectivity index (χ1) is 19.1. The SMILES string of the molecule is CN(C)C(=O)[C@]12C[C@H]1[C@@](C)(c1cc(Cc3ncnc4cc(OCc5ncco5)cnc34)cc(F)c1F)N=C(N)S2. The maximum Gasteiger partial charge on any atom is 0.239 e. The molecule has 0 unspecified atom stereocenters. The fourth-order valence-corrected chi connectivity index (χ4v) is 6.90. The second-order valence-corrected chi connectivity index (χ2v) is 11.6. The smallest absolute Gasteiger partial charge is 0.239 e. The van der Waals surface area contributed by atoms with E-state index < -0.39 is 21.9 Å². The Bertz CT molecular complexity index is 1670. The molecule has 1 fully saturated rings. The van der Waals surface area contributed by atoms with Crippen LogP contribution in [0.25, 0.3) is 11.0 Å². The van der Waals surface area contributed by atoms with E-state index in [-0.39, 0.29) is 35.6 Å². The summed E-state index contributed by atoms with van der Waals surface area (Å²) in [6, 6.07) is 4.43. The van der Waals surface area contributed by atoms with Crippen LogP contribution >= 0.6 is 11.8 Å². The summed E-state index contributed by atoms with van der Waals surface area (Å²) < 4.78 is 40.4. The van der Waals surface area contributed by atoms with Gasteiger partial charge in [0.15, 0.2) is 23.4 Å². The molecule has 13 heteroatoms. The number of benzene rings is 1. The van der Waals surface area contributed by atoms with Crippen molar-refractivity contribution in [1.29, 1.82) is 0 Å². The first kappa shape index (κ1) is 26.1. The number of nitrogens with two attached hydrogens (primary N) is 1. The molecule has 0 bridgehead atoms. The number of hydrogen-bond acceptors (Lipinski definition) is 10. The topological polar surface area (TPSA) is 133 Å². The van der Waals surface area contributed by atoms with Crippen LogP contribution in [0, 0.1) is 17.6 Å². The number of hydrogen-bond donors (Lipinski definition) is 1. The van der Waals surface area contributed by atoms with Gasteiger partial charge in [-0.05, 0) is 31.0 Å².